The maximum Gasteiger partial charge on any atom is 0.335 e. The second kappa shape index (κ2) is 26.9. The Morgan fingerprint density at radius 2 is 1.10 bits per heavy atom. The van der Waals surface area contributed by atoms with Gasteiger partial charge in [-0.05, 0) is 107 Å². The minimum atomic E-state index is -2.31. The van der Waals surface area contributed by atoms with E-state index in [-0.39, 0.29) is 35.8 Å². The molecule has 4 aliphatic heterocycles. The van der Waals surface area contributed by atoms with Crippen LogP contribution < -0.4 is 0 Å². The number of hydrogen-bond acceptors (Lipinski definition) is 27. The number of hydrogen-bond donors (Lipinski definition) is 15. The summed E-state index contributed by atoms with van der Waals surface area (Å²) in [7, 11) is 0. The molecule has 28 nitrogen and oxygen atoms in total. The zero-order valence-corrected chi connectivity index (χ0v) is 54.3. The van der Waals surface area contributed by atoms with Crippen LogP contribution >= 0.6 is 0 Å². The van der Waals surface area contributed by atoms with Gasteiger partial charge in [0.15, 0.2) is 37.4 Å². The fraction of sp³-hybridized carbons (Fsp3) is 0.859. The van der Waals surface area contributed by atoms with Crippen molar-refractivity contribution in [3.8, 4) is 0 Å². The average molecular weight is 1320 g/mol. The number of carboxylic acids is 1. The molecule has 92 heavy (non-hydrogen) atoms. The predicted octanol–water partition coefficient (Wildman–Crippen LogP) is -1.52. The Bertz CT molecular complexity index is 2760. The first-order valence-electron chi connectivity index (χ1n) is 32.1. The van der Waals surface area contributed by atoms with E-state index < -0.39 is 229 Å². The van der Waals surface area contributed by atoms with Crippen LogP contribution in [0.2, 0.25) is 0 Å². The number of carboxylic acid groups (broad SMARTS) is 1. The number of fused-ring (bicyclic) bond motifs is 7. The Kier molecular flexibility index (Phi) is 21.3. The van der Waals surface area contributed by atoms with Gasteiger partial charge in [0.2, 0.25) is 0 Å². The van der Waals surface area contributed by atoms with Gasteiger partial charge in [0.25, 0.3) is 0 Å². The van der Waals surface area contributed by atoms with Gasteiger partial charge in [0.1, 0.15) is 91.6 Å². The molecule has 4 heterocycles. The number of aliphatic hydroxyl groups excluding tert-OH is 14. The van der Waals surface area contributed by atoms with Crippen molar-refractivity contribution in [1.29, 1.82) is 0 Å². The summed E-state index contributed by atoms with van der Waals surface area (Å²) in [6, 6.07) is 0. The smallest absolute Gasteiger partial charge is 0.335 e. The Hall–Kier alpha value is -3.25. The maximum absolute atomic E-state index is 13.9. The number of aliphatic carboxylic acids is 1. The van der Waals surface area contributed by atoms with Gasteiger partial charge in [0.05, 0.1) is 49.7 Å². The van der Waals surface area contributed by atoms with Crippen LogP contribution in [0.25, 0.3) is 0 Å². The lowest BCUT2D eigenvalue weighted by molar-refractivity contribution is -0.406. The number of carbonyl (C=O) groups is 3. The fourth-order valence-electron chi connectivity index (χ4n) is 17.8. The molecule has 0 aromatic carbocycles. The summed E-state index contributed by atoms with van der Waals surface area (Å²) in [4.78, 5) is 40.9. The fourth-order valence-corrected chi connectivity index (χ4v) is 17.8. The quantitative estimate of drug-likeness (QED) is 0.0361. The van der Waals surface area contributed by atoms with E-state index in [1.807, 2.05) is 34.6 Å². The molecule has 4 saturated heterocycles. The van der Waals surface area contributed by atoms with Crippen LogP contribution in [0.5, 0.6) is 0 Å². The van der Waals surface area contributed by atoms with E-state index in [9.17, 15) is 91.0 Å². The molecule has 15 N–H and O–H groups in total. The van der Waals surface area contributed by atoms with Crippen LogP contribution in [-0.2, 0) is 61.8 Å². The van der Waals surface area contributed by atoms with E-state index in [4.69, 9.17) is 47.4 Å². The first kappa shape index (κ1) is 73.0. The molecule has 9 rings (SSSR count). The second-order valence-corrected chi connectivity index (χ2v) is 29.3. The standard InChI is InChI=1S/C64H100O28/c1-13-25(3)53(81)91-50-51(92-54(82)26(4)14-2)64(24-67)29(21-59(50,6)7)28-15-16-33-61(10)19-18-34(60(8,9)32(61)17-20-62(33,11)63(28,12)48(77)49(64)78)86-58-47(90-56-42(75)39(72)36(69)30(22-65)84-56)44(43(76)45(88-58)52(79)80)87-57-46(40(73)37(70)31(23-66)85-57)89-55-41(74)38(71)35(68)27(5)83-55/h13-15,27,29-51,55-58,65-78H,16-24H2,1-12H3,(H,79,80)/b25-13+,26-14+/t27-,29?,30+,31+,32?,33?,34-,35-,36-,37-,38+,39-,40-,41+,42+,43-,44-,45-,46+,47+,48-,49+,50?,51-,55-,56-,57-,58+,61-,62+,63-,64-/m0/s1. The molecule has 5 aliphatic carbocycles. The SMILES string of the molecule is C/C=C(\C)C(=O)OC1[C@H](OC(=O)/C(C)=C/C)[C@@]2(CO)C(CC1(C)C)C1=CCC3[C@@]4(C)CC[C@H](O[C@@H]5O[C@H](C(=O)O)[C@@H](O)[C@H](O[C@@H]6O[C@H](CO)[C@H](O)[C@H](O)[C@H]6O[C@@H]6O[C@@H](C)[C@H](O)[C@@H](O)[C@H]6O)[C@H]5O[C@@H]5O[C@H](CO)[C@H](O)[C@H](O)[C@H]5O)C(C)(C)C4CC[C@@]3(C)[C@]1(C)[C@@H](O)[C@H]2O. The maximum atomic E-state index is 13.9. The molecule has 9 aliphatic rings. The molecule has 4 saturated carbocycles. The van der Waals surface area contributed by atoms with Gasteiger partial charge in [0, 0.05) is 22.0 Å². The molecule has 32 atom stereocenters. The van der Waals surface area contributed by atoms with Gasteiger partial charge in [-0.3, -0.25) is 0 Å². The molecule has 28 heteroatoms. The monoisotopic (exact) mass is 1320 g/mol. The van der Waals surface area contributed by atoms with Crippen molar-refractivity contribution < 1.29 is 138 Å². The number of ether oxygens (including phenoxy) is 10. The highest BCUT2D eigenvalue weighted by Gasteiger charge is 2.77. The van der Waals surface area contributed by atoms with Crippen LogP contribution in [0.4, 0.5) is 0 Å². The molecular formula is C64H100O28. The molecule has 0 radical (unpaired) electrons. The van der Waals surface area contributed by atoms with Crippen LogP contribution in [-0.4, -0.2) is 268 Å². The van der Waals surface area contributed by atoms with Gasteiger partial charge in [-0.2, -0.15) is 0 Å². The summed E-state index contributed by atoms with van der Waals surface area (Å²) >= 11 is 0. The Labute approximate surface area is 534 Å². The Morgan fingerprint density at radius 1 is 0.576 bits per heavy atom. The van der Waals surface area contributed by atoms with Crippen molar-refractivity contribution in [2.45, 2.75) is 275 Å². The second-order valence-electron chi connectivity index (χ2n) is 29.3. The molecule has 0 aromatic heterocycles. The highest BCUT2D eigenvalue weighted by atomic mass is 16.8. The lowest BCUT2D eigenvalue weighted by Gasteiger charge is -2.73. The summed E-state index contributed by atoms with van der Waals surface area (Å²) in [5.41, 5.74) is -4.87. The molecule has 524 valence electrons. The minimum Gasteiger partial charge on any atom is -0.479 e. The molecule has 0 bridgehead atoms. The van der Waals surface area contributed by atoms with Gasteiger partial charge in [-0.15, -0.1) is 0 Å². The van der Waals surface area contributed by atoms with E-state index in [1.165, 1.54) is 6.92 Å². The first-order chi connectivity index (χ1) is 42.9. The lowest BCUT2D eigenvalue weighted by atomic mass is 9.32. The van der Waals surface area contributed by atoms with E-state index in [0.29, 0.717) is 25.7 Å². The first-order valence-corrected chi connectivity index (χ1v) is 32.1. The van der Waals surface area contributed by atoms with Crippen molar-refractivity contribution in [2.75, 3.05) is 19.8 Å². The Balaban J connectivity index is 1.07. The summed E-state index contributed by atoms with van der Waals surface area (Å²) < 4.78 is 61.7. The number of allylic oxidation sites excluding steroid dienone is 3. The zero-order valence-electron chi connectivity index (χ0n) is 54.3. The zero-order chi connectivity index (χ0) is 68.2. The van der Waals surface area contributed by atoms with Crippen LogP contribution in [0.1, 0.15) is 122 Å². The molecule has 0 aromatic rings. The minimum absolute atomic E-state index is 0.220. The average Bonchev–Trinajstić information content (AvgIpc) is 0.663. The summed E-state index contributed by atoms with van der Waals surface area (Å²) in [6.07, 6.45) is -37.8. The normalized spacial score (nSPS) is 50.2. The van der Waals surface area contributed by atoms with Crippen LogP contribution in [0.15, 0.2) is 34.9 Å². The third kappa shape index (κ3) is 11.8. The molecule has 0 spiro atoms. The molecule has 8 fully saturated rings. The highest BCUT2D eigenvalue weighted by Crippen LogP contribution is 2.76. The van der Waals surface area contributed by atoms with Crippen LogP contribution in [0.3, 0.4) is 0 Å². The van der Waals surface area contributed by atoms with E-state index in [0.717, 1.165) is 5.57 Å². The van der Waals surface area contributed by atoms with E-state index >= 15 is 0 Å². The number of aliphatic hydroxyl groups is 14. The summed E-state index contributed by atoms with van der Waals surface area (Å²) in [6.45, 7) is 19.2. The van der Waals surface area contributed by atoms with Crippen molar-refractivity contribution in [1.82, 2.24) is 0 Å². The number of carbonyl (C=O) groups excluding carboxylic acids is 2. The largest absolute Gasteiger partial charge is 0.479 e. The van der Waals surface area contributed by atoms with E-state index in [1.54, 1.807) is 39.8 Å². The van der Waals surface area contributed by atoms with Crippen molar-refractivity contribution in [2.24, 2.45) is 50.2 Å². The topological polar surface area (TPSA) is 447 Å². The van der Waals surface area contributed by atoms with Gasteiger partial charge >= 0.3 is 17.9 Å². The van der Waals surface area contributed by atoms with Crippen LogP contribution in [0, 0.1) is 50.2 Å². The Morgan fingerprint density at radius 3 is 1.66 bits per heavy atom. The third-order valence-corrected chi connectivity index (χ3v) is 23.8. The van der Waals surface area contributed by atoms with E-state index in [2.05, 4.69) is 19.9 Å². The number of esters is 2. The number of rotatable bonds is 16. The lowest BCUT2D eigenvalue weighted by Crippen LogP contribution is -2.76. The molecule has 0 amide bonds. The predicted molar refractivity (Wildman–Crippen MR) is 314 cm³/mol. The van der Waals surface area contributed by atoms with Crippen molar-refractivity contribution in [3.05, 3.63) is 34.9 Å². The third-order valence-electron chi connectivity index (χ3n) is 23.8. The summed E-state index contributed by atoms with van der Waals surface area (Å²) in [5.74, 6) is -4.35. The summed E-state index contributed by atoms with van der Waals surface area (Å²) in [5, 5.41) is 170. The van der Waals surface area contributed by atoms with Gasteiger partial charge in [-0.1, -0.05) is 72.3 Å². The van der Waals surface area contributed by atoms with Gasteiger partial charge in [-0.25, -0.2) is 14.4 Å². The molecule has 4 unspecified atom stereocenters. The van der Waals surface area contributed by atoms with Crippen molar-refractivity contribution in [3.63, 3.8) is 0 Å². The highest BCUT2D eigenvalue weighted by molar-refractivity contribution is 5.89. The van der Waals surface area contributed by atoms with Crippen molar-refractivity contribution >= 4 is 17.9 Å². The molecular weight excluding hydrogens is 1220 g/mol. The van der Waals surface area contributed by atoms with Gasteiger partial charge < -0.3 is 124 Å².